The number of aromatic nitrogens is 2. The van der Waals surface area contributed by atoms with Crippen molar-refractivity contribution in [3.63, 3.8) is 0 Å². The van der Waals surface area contributed by atoms with Crippen LogP contribution in [0, 0.1) is 6.92 Å². The Bertz CT molecular complexity index is 745. The van der Waals surface area contributed by atoms with Crippen LogP contribution in [0.4, 0.5) is 0 Å². The molecule has 0 atom stereocenters. The van der Waals surface area contributed by atoms with Crippen molar-refractivity contribution in [3.8, 4) is 5.69 Å². The van der Waals surface area contributed by atoms with Crippen molar-refractivity contribution in [1.29, 1.82) is 0 Å². The van der Waals surface area contributed by atoms with Crippen LogP contribution in [0.15, 0.2) is 54.3 Å². The summed E-state index contributed by atoms with van der Waals surface area (Å²) in [5.41, 5.74) is 4.61. The van der Waals surface area contributed by atoms with Crippen LogP contribution in [-0.2, 0) is 6.42 Å². The molecule has 0 saturated heterocycles. The maximum Gasteiger partial charge on any atom is 0.251 e. The highest BCUT2D eigenvalue weighted by Gasteiger charge is 2.06. The Kier molecular flexibility index (Phi) is 4.34. The second kappa shape index (κ2) is 6.58. The number of aryl methyl sites for hydroxylation is 1. The molecule has 22 heavy (non-hydrogen) atoms. The maximum absolute atomic E-state index is 12.1. The number of thiazole rings is 1. The molecular weight excluding hydrogens is 294 g/mol. The molecule has 0 aliphatic heterocycles. The molecule has 2 aromatic heterocycles. The van der Waals surface area contributed by atoms with E-state index in [1.165, 1.54) is 4.88 Å². The van der Waals surface area contributed by atoms with Crippen LogP contribution in [-0.4, -0.2) is 22.0 Å². The number of carbonyl (C=O) groups excluding carboxylic acids is 1. The first-order valence-electron chi connectivity index (χ1n) is 7.14. The number of hydrogen-bond donors (Lipinski definition) is 1. The Balaban J connectivity index is 1.57. The van der Waals surface area contributed by atoms with Crippen LogP contribution in [0.25, 0.3) is 5.69 Å². The molecule has 1 aromatic carbocycles. The second-order valence-electron chi connectivity index (χ2n) is 5.00. The first kappa shape index (κ1) is 14.5. The van der Waals surface area contributed by atoms with Crippen molar-refractivity contribution in [1.82, 2.24) is 14.9 Å². The third kappa shape index (κ3) is 3.26. The molecule has 0 unspecified atom stereocenters. The highest BCUT2D eigenvalue weighted by molar-refractivity contribution is 7.09. The summed E-state index contributed by atoms with van der Waals surface area (Å²) in [5.74, 6) is -0.0405. The van der Waals surface area contributed by atoms with Crippen LogP contribution in [0.2, 0.25) is 0 Å². The minimum Gasteiger partial charge on any atom is -0.352 e. The van der Waals surface area contributed by atoms with E-state index in [4.69, 9.17) is 0 Å². The van der Waals surface area contributed by atoms with Crippen LogP contribution >= 0.6 is 11.3 Å². The van der Waals surface area contributed by atoms with Gasteiger partial charge in [0, 0.05) is 41.5 Å². The van der Waals surface area contributed by atoms with Gasteiger partial charge in [-0.25, -0.2) is 4.98 Å². The molecular formula is C17H17N3OS. The van der Waals surface area contributed by atoms with E-state index in [0.717, 1.165) is 17.8 Å². The van der Waals surface area contributed by atoms with Gasteiger partial charge in [0.05, 0.1) is 11.2 Å². The van der Waals surface area contributed by atoms with Gasteiger partial charge in [0.15, 0.2) is 0 Å². The summed E-state index contributed by atoms with van der Waals surface area (Å²) < 4.78 is 2.01. The Hall–Kier alpha value is -2.40. The van der Waals surface area contributed by atoms with Crippen molar-refractivity contribution in [2.75, 3.05) is 6.54 Å². The second-order valence-corrected chi connectivity index (χ2v) is 5.94. The van der Waals surface area contributed by atoms with Gasteiger partial charge in [0.1, 0.15) is 0 Å². The number of amides is 1. The predicted octanol–water partition coefficient (Wildman–Crippen LogP) is 3.21. The summed E-state index contributed by atoms with van der Waals surface area (Å²) in [4.78, 5) is 17.6. The highest BCUT2D eigenvalue weighted by Crippen LogP contribution is 2.12. The normalized spacial score (nSPS) is 10.6. The van der Waals surface area contributed by atoms with E-state index in [1.54, 1.807) is 11.3 Å². The van der Waals surface area contributed by atoms with E-state index in [2.05, 4.69) is 10.3 Å². The summed E-state index contributed by atoms with van der Waals surface area (Å²) in [6.45, 7) is 2.62. The lowest BCUT2D eigenvalue weighted by Gasteiger charge is -2.07. The lowest BCUT2D eigenvalue weighted by molar-refractivity contribution is 0.0954. The van der Waals surface area contributed by atoms with Gasteiger partial charge in [-0.15, -0.1) is 11.3 Å². The third-order valence-electron chi connectivity index (χ3n) is 3.51. The fourth-order valence-electron chi connectivity index (χ4n) is 2.25. The van der Waals surface area contributed by atoms with Gasteiger partial charge in [0.2, 0.25) is 0 Å². The largest absolute Gasteiger partial charge is 0.352 e. The molecule has 0 fully saturated rings. The Labute approximate surface area is 133 Å². The molecule has 0 spiro atoms. The fraction of sp³-hybridized carbons (Fsp3) is 0.176. The molecule has 0 aliphatic rings. The van der Waals surface area contributed by atoms with Crippen LogP contribution in [0.3, 0.4) is 0 Å². The Morgan fingerprint density at radius 2 is 1.95 bits per heavy atom. The van der Waals surface area contributed by atoms with Crippen molar-refractivity contribution >= 4 is 17.2 Å². The van der Waals surface area contributed by atoms with E-state index in [-0.39, 0.29) is 5.91 Å². The molecule has 3 rings (SSSR count). The van der Waals surface area contributed by atoms with E-state index >= 15 is 0 Å². The predicted molar refractivity (Wildman–Crippen MR) is 88.7 cm³/mol. The van der Waals surface area contributed by atoms with Gasteiger partial charge >= 0.3 is 0 Å². The van der Waals surface area contributed by atoms with E-state index < -0.39 is 0 Å². The number of carbonyl (C=O) groups is 1. The van der Waals surface area contributed by atoms with E-state index in [9.17, 15) is 4.79 Å². The number of rotatable bonds is 5. The van der Waals surface area contributed by atoms with Crippen molar-refractivity contribution in [3.05, 3.63) is 70.4 Å². The van der Waals surface area contributed by atoms with Gasteiger partial charge in [-0.2, -0.15) is 0 Å². The molecule has 1 amide bonds. The lowest BCUT2D eigenvalue weighted by atomic mass is 10.2. The van der Waals surface area contributed by atoms with Crippen molar-refractivity contribution in [2.24, 2.45) is 0 Å². The quantitative estimate of drug-likeness (QED) is 0.786. The van der Waals surface area contributed by atoms with Gasteiger partial charge in [-0.05, 0) is 43.3 Å². The SMILES string of the molecule is Cc1ncsc1CCNC(=O)c1ccc(-n2cccc2)cc1. The molecule has 4 nitrogen and oxygen atoms in total. The Morgan fingerprint density at radius 1 is 1.23 bits per heavy atom. The average Bonchev–Trinajstić information content (AvgIpc) is 3.20. The van der Waals surface area contributed by atoms with Crippen molar-refractivity contribution < 1.29 is 4.79 Å². The third-order valence-corrected chi connectivity index (χ3v) is 4.51. The van der Waals surface area contributed by atoms with Crippen LogP contribution < -0.4 is 5.32 Å². The maximum atomic E-state index is 12.1. The van der Waals surface area contributed by atoms with Gasteiger partial charge < -0.3 is 9.88 Å². The minimum absolute atomic E-state index is 0.0405. The van der Waals surface area contributed by atoms with Crippen molar-refractivity contribution in [2.45, 2.75) is 13.3 Å². The summed E-state index contributed by atoms with van der Waals surface area (Å²) in [6, 6.07) is 11.5. The summed E-state index contributed by atoms with van der Waals surface area (Å²) in [5, 5.41) is 2.95. The first-order valence-corrected chi connectivity index (χ1v) is 8.02. The monoisotopic (exact) mass is 311 g/mol. The zero-order chi connectivity index (χ0) is 15.4. The van der Waals surface area contributed by atoms with Gasteiger partial charge in [0.25, 0.3) is 5.91 Å². The first-order chi connectivity index (χ1) is 10.7. The molecule has 0 bridgehead atoms. The van der Waals surface area contributed by atoms with Crippen LogP contribution in [0.5, 0.6) is 0 Å². The summed E-state index contributed by atoms with van der Waals surface area (Å²) in [7, 11) is 0. The number of hydrogen-bond acceptors (Lipinski definition) is 3. The fourth-order valence-corrected chi connectivity index (χ4v) is 3.03. The smallest absolute Gasteiger partial charge is 0.251 e. The average molecular weight is 311 g/mol. The summed E-state index contributed by atoms with van der Waals surface area (Å²) in [6.07, 6.45) is 4.78. The molecule has 0 radical (unpaired) electrons. The molecule has 5 heteroatoms. The van der Waals surface area contributed by atoms with Crippen LogP contribution in [0.1, 0.15) is 20.9 Å². The molecule has 3 aromatic rings. The standard InChI is InChI=1S/C17H17N3OS/c1-13-16(22-12-19-13)8-9-18-17(21)14-4-6-15(7-5-14)20-10-2-3-11-20/h2-7,10-12H,8-9H2,1H3,(H,18,21). The van der Waals surface area contributed by atoms with Gasteiger partial charge in [-0.3, -0.25) is 4.79 Å². The zero-order valence-electron chi connectivity index (χ0n) is 12.3. The highest BCUT2D eigenvalue weighted by atomic mass is 32.1. The topological polar surface area (TPSA) is 46.9 Å². The summed E-state index contributed by atoms with van der Waals surface area (Å²) >= 11 is 1.63. The molecule has 0 saturated carbocycles. The number of nitrogens with zero attached hydrogens (tertiary/aromatic N) is 2. The molecule has 1 N–H and O–H groups in total. The van der Waals surface area contributed by atoms with E-state index in [0.29, 0.717) is 12.1 Å². The Morgan fingerprint density at radius 3 is 2.59 bits per heavy atom. The molecule has 2 heterocycles. The number of benzene rings is 1. The number of nitrogens with one attached hydrogen (secondary N) is 1. The van der Waals surface area contributed by atoms with Gasteiger partial charge in [-0.1, -0.05) is 0 Å². The lowest BCUT2D eigenvalue weighted by Crippen LogP contribution is -2.25. The van der Waals surface area contributed by atoms with E-state index in [1.807, 2.05) is 65.8 Å². The molecule has 112 valence electrons. The zero-order valence-corrected chi connectivity index (χ0v) is 13.1. The minimum atomic E-state index is -0.0405. The molecule has 0 aliphatic carbocycles.